The van der Waals surface area contributed by atoms with Crippen LogP contribution < -0.4 is 16.4 Å². The van der Waals surface area contributed by atoms with Crippen LogP contribution in [0.15, 0.2) is 24.3 Å². The van der Waals surface area contributed by atoms with Crippen LogP contribution in [0.25, 0.3) is 0 Å². The van der Waals surface area contributed by atoms with E-state index in [0.717, 1.165) is 5.56 Å². The molecule has 0 bridgehead atoms. The number of benzene rings is 1. The standard InChI is InChI=1S/C13H17N3O4/c1-8(17)15-7-12(19)16-11(13(14)20)6-9-2-4-10(18)5-3-9/h2-5,11,18H,6-7H2,1H3,(H2,14,20)(H,15,17)(H,16,19)/t11-/m0/s1. The molecule has 7 heteroatoms. The molecule has 0 aliphatic heterocycles. The highest BCUT2D eigenvalue weighted by molar-refractivity contribution is 5.89. The minimum absolute atomic E-state index is 0.110. The lowest BCUT2D eigenvalue weighted by molar-refractivity contribution is -0.128. The van der Waals surface area contributed by atoms with Crippen LogP contribution in [0.3, 0.4) is 0 Å². The fraction of sp³-hybridized carbons (Fsp3) is 0.308. The number of phenolic OH excluding ortho intramolecular Hbond substituents is 1. The van der Waals surface area contributed by atoms with E-state index in [1.807, 2.05) is 0 Å². The molecule has 0 saturated heterocycles. The zero-order valence-electron chi connectivity index (χ0n) is 11.1. The van der Waals surface area contributed by atoms with Crippen LogP contribution in [0.1, 0.15) is 12.5 Å². The average molecular weight is 279 g/mol. The van der Waals surface area contributed by atoms with Gasteiger partial charge in [0, 0.05) is 13.3 Å². The number of nitrogens with two attached hydrogens (primary N) is 1. The third-order valence-electron chi connectivity index (χ3n) is 2.55. The number of hydrogen-bond acceptors (Lipinski definition) is 4. The summed E-state index contributed by atoms with van der Waals surface area (Å²) < 4.78 is 0. The fourth-order valence-electron chi connectivity index (χ4n) is 1.54. The summed E-state index contributed by atoms with van der Waals surface area (Å²) >= 11 is 0. The molecule has 7 nitrogen and oxygen atoms in total. The molecule has 0 radical (unpaired) electrons. The predicted octanol–water partition coefficient (Wildman–Crippen LogP) is -0.959. The highest BCUT2D eigenvalue weighted by Gasteiger charge is 2.18. The van der Waals surface area contributed by atoms with Gasteiger partial charge in [-0.15, -0.1) is 0 Å². The Morgan fingerprint density at radius 1 is 1.25 bits per heavy atom. The summed E-state index contributed by atoms with van der Waals surface area (Å²) in [6.45, 7) is 1.07. The molecule has 3 amide bonds. The molecule has 1 aromatic carbocycles. The quantitative estimate of drug-likeness (QED) is 0.536. The lowest BCUT2D eigenvalue weighted by Crippen LogP contribution is -2.48. The number of rotatable bonds is 6. The van der Waals surface area contributed by atoms with E-state index in [1.54, 1.807) is 12.1 Å². The Morgan fingerprint density at radius 2 is 1.85 bits per heavy atom. The Morgan fingerprint density at radius 3 is 2.35 bits per heavy atom. The third-order valence-corrected chi connectivity index (χ3v) is 2.55. The van der Waals surface area contributed by atoms with Crippen molar-refractivity contribution >= 4 is 17.7 Å². The Balaban J connectivity index is 2.60. The summed E-state index contributed by atoms with van der Waals surface area (Å²) in [6, 6.07) is 5.34. The molecule has 0 spiro atoms. The van der Waals surface area contributed by atoms with Crippen LogP contribution in [0.2, 0.25) is 0 Å². The highest BCUT2D eigenvalue weighted by atomic mass is 16.3. The maximum absolute atomic E-state index is 11.5. The van der Waals surface area contributed by atoms with Gasteiger partial charge < -0.3 is 21.5 Å². The van der Waals surface area contributed by atoms with Crippen molar-refractivity contribution in [3.63, 3.8) is 0 Å². The SMILES string of the molecule is CC(=O)NCC(=O)N[C@@H](Cc1ccc(O)cc1)C(N)=O. The van der Waals surface area contributed by atoms with E-state index in [0.29, 0.717) is 0 Å². The first-order valence-electron chi connectivity index (χ1n) is 5.99. The average Bonchev–Trinajstić information content (AvgIpc) is 2.38. The van der Waals surface area contributed by atoms with Crippen molar-refractivity contribution in [3.05, 3.63) is 29.8 Å². The van der Waals surface area contributed by atoms with Crippen molar-refractivity contribution < 1.29 is 19.5 Å². The molecular weight excluding hydrogens is 262 g/mol. The van der Waals surface area contributed by atoms with Crippen molar-refractivity contribution in [2.45, 2.75) is 19.4 Å². The number of amides is 3. The zero-order chi connectivity index (χ0) is 15.1. The van der Waals surface area contributed by atoms with Gasteiger partial charge in [-0.2, -0.15) is 0 Å². The van der Waals surface area contributed by atoms with Gasteiger partial charge in [-0.1, -0.05) is 12.1 Å². The summed E-state index contributed by atoms with van der Waals surface area (Å²) in [5.74, 6) is -1.40. The largest absolute Gasteiger partial charge is 0.508 e. The number of hydrogen-bond donors (Lipinski definition) is 4. The van der Waals surface area contributed by atoms with Gasteiger partial charge in [0.1, 0.15) is 11.8 Å². The summed E-state index contributed by atoms with van der Waals surface area (Å²) in [5.41, 5.74) is 5.97. The zero-order valence-corrected chi connectivity index (χ0v) is 11.1. The van der Waals surface area contributed by atoms with E-state index in [1.165, 1.54) is 19.1 Å². The maximum atomic E-state index is 11.5. The first-order chi connectivity index (χ1) is 9.38. The first kappa shape index (κ1) is 15.5. The summed E-state index contributed by atoms with van der Waals surface area (Å²) in [5, 5.41) is 13.9. The number of aromatic hydroxyl groups is 1. The molecule has 108 valence electrons. The van der Waals surface area contributed by atoms with Crippen molar-refractivity contribution in [2.75, 3.05) is 6.54 Å². The van der Waals surface area contributed by atoms with Crippen molar-refractivity contribution in [1.29, 1.82) is 0 Å². The molecule has 5 N–H and O–H groups in total. The number of phenols is 1. The van der Waals surface area contributed by atoms with Gasteiger partial charge in [-0.25, -0.2) is 0 Å². The fourth-order valence-corrected chi connectivity index (χ4v) is 1.54. The number of carbonyl (C=O) groups is 3. The lowest BCUT2D eigenvalue weighted by Gasteiger charge is -2.15. The Hall–Kier alpha value is -2.57. The van der Waals surface area contributed by atoms with Crippen LogP contribution in [-0.2, 0) is 20.8 Å². The van der Waals surface area contributed by atoms with Gasteiger partial charge in [0.15, 0.2) is 0 Å². The molecule has 0 saturated carbocycles. The molecule has 0 fully saturated rings. The number of carbonyl (C=O) groups excluding carboxylic acids is 3. The third kappa shape index (κ3) is 5.38. The van der Waals surface area contributed by atoms with E-state index in [9.17, 15) is 14.4 Å². The first-order valence-corrected chi connectivity index (χ1v) is 5.99. The van der Waals surface area contributed by atoms with Gasteiger partial charge in [0.05, 0.1) is 6.54 Å². The minimum atomic E-state index is -0.874. The monoisotopic (exact) mass is 279 g/mol. The van der Waals surface area contributed by atoms with Gasteiger partial charge in [0.2, 0.25) is 17.7 Å². The van der Waals surface area contributed by atoms with Gasteiger partial charge >= 0.3 is 0 Å². The minimum Gasteiger partial charge on any atom is -0.508 e. The van der Waals surface area contributed by atoms with Crippen LogP contribution in [0.5, 0.6) is 5.75 Å². The van der Waals surface area contributed by atoms with Gasteiger partial charge in [-0.3, -0.25) is 14.4 Å². The van der Waals surface area contributed by atoms with Gasteiger partial charge in [-0.05, 0) is 17.7 Å². The van der Waals surface area contributed by atoms with Crippen molar-refractivity contribution in [1.82, 2.24) is 10.6 Å². The van der Waals surface area contributed by atoms with Crippen molar-refractivity contribution in [3.8, 4) is 5.75 Å². The van der Waals surface area contributed by atoms with E-state index in [2.05, 4.69) is 10.6 Å². The Kier molecular flexibility index (Phi) is 5.52. The molecule has 0 aromatic heterocycles. The molecule has 0 heterocycles. The van der Waals surface area contributed by atoms with Crippen LogP contribution in [0.4, 0.5) is 0 Å². The maximum Gasteiger partial charge on any atom is 0.240 e. The Bertz CT molecular complexity index is 499. The predicted molar refractivity (Wildman–Crippen MR) is 71.6 cm³/mol. The second-order valence-electron chi connectivity index (χ2n) is 4.30. The smallest absolute Gasteiger partial charge is 0.240 e. The Labute approximate surface area is 116 Å². The highest BCUT2D eigenvalue weighted by Crippen LogP contribution is 2.11. The topological polar surface area (TPSA) is 122 Å². The summed E-state index contributed by atoms with van der Waals surface area (Å²) in [4.78, 5) is 33.5. The van der Waals surface area contributed by atoms with E-state index in [-0.39, 0.29) is 24.6 Å². The summed E-state index contributed by atoms with van der Waals surface area (Å²) in [6.07, 6.45) is 0.210. The van der Waals surface area contributed by atoms with Crippen LogP contribution in [-0.4, -0.2) is 35.4 Å². The number of nitrogens with one attached hydrogen (secondary N) is 2. The van der Waals surface area contributed by atoms with E-state index < -0.39 is 17.9 Å². The second kappa shape index (κ2) is 7.13. The second-order valence-corrected chi connectivity index (χ2v) is 4.30. The molecule has 1 rings (SSSR count). The normalized spacial score (nSPS) is 11.4. The summed E-state index contributed by atoms with van der Waals surface area (Å²) in [7, 11) is 0. The van der Waals surface area contributed by atoms with E-state index in [4.69, 9.17) is 10.8 Å². The van der Waals surface area contributed by atoms with Crippen LogP contribution in [0, 0.1) is 0 Å². The molecule has 0 unspecified atom stereocenters. The molecule has 1 atom stereocenters. The molecular formula is C13H17N3O4. The van der Waals surface area contributed by atoms with E-state index >= 15 is 0 Å². The molecule has 0 aliphatic carbocycles. The van der Waals surface area contributed by atoms with Gasteiger partial charge in [0.25, 0.3) is 0 Å². The lowest BCUT2D eigenvalue weighted by atomic mass is 10.1. The van der Waals surface area contributed by atoms with Crippen LogP contribution >= 0.6 is 0 Å². The number of primary amides is 1. The van der Waals surface area contributed by atoms with Crippen molar-refractivity contribution in [2.24, 2.45) is 5.73 Å². The molecule has 20 heavy (non-hydrogen) atoms. The molecule has 1 aromatic rings. The molecule has 0 aliphatic rings.